The Hall–Kier alpha value is -1.78. The van der Waals surface area contributed by atoms with Crippen LogP contribution in [0, 0.1) is 5.82 Å². The Kier molecular flexibility index (Phi) is 1.99. The SMILES string of the molecule is O=Cc1c(F)c(O)cc2c1OCCO2. The topological polar surface area (TPSA) is 55.8 Å². The molecule has 1 aliphatic heterocycles. The number of hydrogen-bond acceptors (Lipinski definition) is 4. The van der Waals surface area contributed by atoms with Gasteiger partial charge in [-0.3, -0.25) is 4.79 Å². The van der Waals surface area contributed by atoms with Crippen LogP contribution < -0.4 is 9.47 Å². The van der Waals surface area contributed by atoms with E-state index in [4.69, 9.17) is 14.6 Å². The lowest BCUT2D eigenvalue weighted by Crippen LogP contribution is -2.17. The molecular weight excluding hydrogens is 191 g/mol. The molecule has 0 amide bonds. The van der Waals surface area contributed by atoms with Crippen molar-refractivity contribution in [3.63, 3.8) is 0 Å². The molecule has 0 atom stereocenters. The van der Waals surface area contributed by atoms with Gasteiger partial charge in [0.1, 0.15) is 13.2 Å². The van der Waals surface area contributed by atoms with E-state index in [2.05, 4.69) is 0 Å². The minimum Gasteiger partial charge on any atom is -0.505 e. The van der Waals surface area contributed by atoms with Gasteiger partial charge in [0.2, 0.25) is 0 Å². The van der Waals surface area contributed by atoms with Gasteiger partial charge in [-0.15, -0.1) is 0 Å². The van der Waals surface area contributed by atoms with Crippen LogP contribution in [0.4, 0.5) is 4.39 Å². The number of rotatable bonds is 1. The number of ether oxygens (including phenoxy) is 2. The quantitative estimate of drug-likeness (QED) is 0.687. The number of benzene rings is 1. The van der Waals surface area contributed by atoms with Gasteiger partial charge in [0.25, 0.3) is 0 Å². The molecule has 74 valence electrons. The highest BCUT2D eigenvalue weighted by molar-refractivity contribution is 5.83. The van der Waals surface area contributed by atoms with E-state index in [0.717, 1.165) is 6.07 Å². The van der Waals surface area contributed by atoms with Crippen molar-refractivity contribution in [3.05, 3.63) is 17.4 Å². The van der Waals surface area contributed by atoms with Gasteiger partial charge in [0.05, 0.1) is 5.56 Å². The Morgan fingerprint density at radius 3 is 2.86 bits per heavy atom. The normalized spacial score (nSPS) is 13.8. The van der Waals surface area contributed by atoms with Crippen LogP contribution in [-0.2, 0) is 0 Å². The largest absolute Gasteiger partial charge is 0.505 e. The second-order valence-corrected chi connectivity index (χ2v) is 2.77. The van der Waals surface area contributed by atoms with Crippen molar-refractivity contribution in [2.24, 2.45) is 0 Å². The van der Waals surface area contributed by atoms with Crippen molar-refractivity contribution >= 4 is 6.29 Å². The summed E-state index contributed by atoms with van der Waals surface area (Å²) in [5, 5.41) is 9.12. The van der Waals surface area contributed by atoms with Crippen molar-refractivity contribution in [3.8, 4) is 17.2 Å². The van der Waals surface area contributed by atoms with Crippen molar-refractivity contribution in [2.75, 3.05) is 13.2 Å². The molecule has 0 spiro atoms. The molecule has 1 aromatic carbocycles. The van der Waals surface area contributed by atoms with Crippen LogP contribution >= 0.6 is 0 Å². The van der Waals surface area contributed by atoms with Crippen LogP contribution in [0.25, 0.3) is 0 Å². The number of carbonyl (C=O) groups excluding carboxylic acids is 1. The average Bonchev–Trinajstić information content (AvgIpc) is 2.20. The number of halogens is 1. The van der Waals surface area contributed by atoms with Crippen LogP contribution in [0.1, 0.15) is 10.4 Å². The summed E-state index contributed by atoms with van der Waals surface area (Å²) < 4.78 is 23.3. The standard InChI is InChI=1S/C9H7FO4/c10-8-5(4-11)9-7(3-6(8)12)13-1-2-14-9/h3-4,12H,1-2H2. The minimum absolute atomic E-state index is 0.0570. The van der Waals surface area contributed by atoms with E-state index in [1.165, 1.54) is 0 Å². The van der Waals surface area contributed by atoms with Gasteiger partial charge >= 0.3 is 0 Å². The Morgan fingerprint density at radius 2 is 2.14 bits per heavy atom. The van der Waals surface area contributed by atoms with Crippen LogP contribution in [0.2, 0.25) is 0 Å². The van der Waals surface area contributed by atoms with E-state index in [0.29, 0.717) is 12.9 Å². The first-order chi connectivity index (χ1) is 6.74. The van der Waals surface area contributed by atoms with Gasteiger partial charge in [-0.1, -0.05) is 0 Å². The zero-order valence-electron chi connectivity index (χ0n) is 7.12. The lowest BCUT2D eigenvalue weighted by Gasteiger charge is -2.20. The fourth-order valence-electron chi connectivity index (χ4n) is 1.28. The molecule has 2 rings (SSSR count). The highest BCUT2D eigenvalue weighted by atomic mass is 19.1. The Bertz CT molecular complexity index is 389. The summed E-state index contributed by atoms with van der Waals surface area (Å²) >= 11 is 0. The number of carbonyl (C=O) groups is 1. The third-order valence-electron chi connectivity index (χ3n) is 1.90. The molecule has 0 aliphatic carbocycles. The first kappa shape index (κ1) is 8.80. The molecule has 1 aliphatic rings. The number of hydrogen-bond donors (Lipinski definition) is 1. The van der Waals surface area contributed by atoms with Crippen molar-refractivity contribution in [1.82, 2.24) is 0 Å². The maximum Gasteiger partial charge on any atom is 0.179 e. The predicted molar refractivity (Wildman–Crippen MR) is 44.4 cm³/mol. The highest BCUT2D eigenvalue weighted by Gasteiger charge is 2.22. The number of phenolic OH excluding ortho intramolecular Hbond substituents is 1. The molecule has 1 N–H and O–H groups in total. The zero-order chi connectivity index (χ0) is 10.1. The number of phenols is 1. The minimum atomic E-state index is -0.982. The van der Waals surface area contributed by atoms with E-state index in [9.17, 15) is 9.18 Å². The third-order valence-corrected chi connectivity index (χ3v) is 1.90. The average molecular weight is 198 g/mol. The molecule has 14 heavy (non-hydrogen) atoms. The van der Waals surface area contributed by atoms with Crippen LogP contribution in [0.5, 0.6) is 17.2 Å². The number of aldehydes is 1. The smallest absolute Gasteiger partial charge is 0.179 e. The lowest BCUT2D eigenvalue weighted by atomic mass is 10.1. The third kappa shape index (κ3) is 1.17. The van der Waals surface area contributed by atoms with E-state index in [-0.39, 0.29) is 23.7 Å². The lowest BCUT2D eigenvalue weighted by molar-refractivity contribution is 0.110. The number of aromatic hydroxyl groups is 1. The molecule has 0 fully saturated rings. The van der Waals surface area contributed by atoms with E-state index in [1.54, 1.807) is 0 Å². The van der Waals surface area contributed by atoms with Crippen molar-refractivity contribution in [1.29, 1.82) is 0 Å². The van der Waals surface area contributed by atoms with E-state index in [1.807, 2.05) is 0 Å². The molecule has 0 aromatic heterocycles. The summed E-state index contributed by atoms with van der Waals surface area (Å²) in [4.78, 5) is 10.6. The van der Waals surface area contributed by atoms with Gasteiger partial charge in [0, 0.05) is 6.07 Å². The van der Waals surface area contributed by atoms with Crippen LogP contribution in [0.15, 0.2) is 6.07 Å². The second-order valence-electron chi connectivity index (χ2n) is 2.77. The van der Waals surface area contributed by atoms with Gasteiger partial charge in [-0.05, 0) is 0 Å². The Morgan fingerprint density at radius 1 is 1.43 bits per heavy atom. The molecule has 1 heterocycles. The Labute approximate surface area is 78.9 Å². The maximum absolute atomic E-state index is 13.2. The molecule has 0 saturated heterocycles. The summed E-state index contributed by atoms with van der Waals surface area (Å²) in [6.45, 7) is 0.578. The van der Waals surface area contributed by atoms with Gasteiger partial charge in [-0.2, -0.15) is 0 Å². The van der Waals surface area contributed by atoms with Gasteiger partial charge in [-0.25, -0.2) is 4.39 Å². The summed E-state index contributed by atoms with van der Waals surface area (Å²) in [7, 11) is 0. The monoisotopic (exact) mass is 198 g/mol. The summed E-state index contributed by atoms with van der Waals surface area (Å²) in [6.07, 6.45) is 0.294. The second kappa shape index (κ2) is 3.17. The molecule has 0 saturated carbocycles. The summed E-state index contributed by atoms with van der Waals surface area (Å²) in [5.41, 5.74) is -0.306. The first-order valence-electron chi connectivity index (χ1n) is 4.00. The fourth-order valence-corrected chi connectivity index (χ4v) is 1.28. The molecule has 1 aromatic rings. The molecule has 0 radical (unpaired) electrons. The number of fused-ring (bicyclic) bond motifs is 1. The maximum atomic E-state index is 13.2. The van der Waals surface area contributed by atoms with Crippen molar-refractivity contribution in [2.45, 2.75) is 0 Å². The fraction of sp³-hybridized carbons (Fsp3) is 0.222. The van der Waals surface area contributed by atoms with Crippen molar-refractivity contribution < 1.29 is 23.8 Å². The molecule has 0 bridgehead atoms. The highest BCUT2D eigenvalue weighted by Crippen LogP contribution is 2.38. The van der Waals surface area contributed by atoms with Crippen LogP contribution in [-0.4, -0.2) is 24.6 Å². The molecule has 5 heteroatoms. The van der Waals surface area contributed by atoms with Gasteiger partial charge < -0.3 is 14.6 Å². The Balaban J connectivity index is 2.65. The molecule has 0 unspecified atom stereocenters. The summed E-state index contributed by atoms with van der Waals surface area (Å²) in [5.74, 6) is -1.35. The van der Waals surface area contributed by atoms with E-state index < -0.39 is 11.6 Å². The predicted octanol–water partition coefficient (Wildman–Crippen LogP) is 1.11. The molecule has 4 nitrogen and oxygen atoms in total. The molecular formula is C9H7FO4. The van der Waals surface area contributed by atoms with Crippen LogP contribution in [0.3, 0.4) is 0 Å². The summed E-state index contributed by atoms with van der Waals surface area (Å²) in [6, 6.07) is 1.09. The van der Waals surface area contributed by atoms with E-state index >= 15 is 0 Å². The van der Waals surface area contributed by atoms with Gasteiger partial charge in [0.15, 0.2) is 29.4 Å². The first-order valence-corrected chi connectivity index (χ1v) is 4.00. The zero-order valence-corrected chi connectivity index (χ0v) is 7.12.